The fraction of sp³-hybridized carbons (Fsp3) is 0.292. The molecule has 3 aromatic rings. The van der Waals surface area contributed by atoms with E-state index in [1.54, 1.807) is 13.0 Å². The van der Waals surface area contributed by atoms with Gasteiger partial charge in [-0.2, -0.15) is 23.1 Å². The van der Waals surface area contributed by atoms with Crippen LogP contribution in [0.1, 0.15) is 34.1 Å². The van der Waals surface area contributed by atoms with Crippen LogP contribution in [0.2, 0.25) is 0 Å². The smallest absolute Gasteiger partial charge is 0.416 e. The number of aliphatic carboxylic acids is 1. The maximum Gasteiger partial charge on any atom is 0.416 e. The third-order valence-electron chi connectivity index (χ3n) is 5.22. The van der Waals surface area contributed by atoms with Crippen molar-refractivity contribution in [3.05, 3.63) is 65.1 Å². The molecule has 0 bridgehead atoms. The molecule has 1 aromatic carbocycles. The third-order valence-corrected chi connectivity index (χ3v) is 5.22. The van der Waals surface area contributed by atoms with Crippen LogP contribution in [0.4, 0.5) is 13.2 Å². The van der Waals surface area contributed by atoms with E-state index in [0.29, 0.717) is 16.7 Å². The summed E-state index contributed by atoms with van der Waals surface area (Å²) in [5.74, 6) is -1.56. The summed E-state index contributed by atoms with van der Waals surface area (Å²) in [6.07, 6.45) is -2.10. The van der Waals surface area contributed by atoms with Crippen LogP contribution in [0.15, 0.2) is 42.7 Å². The average Bonchev–Trinajstić information content (AvgIpc) is 2.85. The van der Waals surface area contributed by atoms with E-state index in [-0.39, 0.29) is 42.7 Å². The van der Waals surface area contributed by atoms with E-state index in [2.05, 4.69) is 15.0 Å². The predicted octanol–water partition coefficient (Wildman–Crippen LogP) is 3.86. The van der Waals surface area contributed by atoms with Crippen LogP contribution in [0.5, 0.6) is 11.9 Å². The first-order chi connectivity index (χ1) is 17.0. The Morgan fingerprint density at radius 1 is 1.06 bits per heavy atom. The number of hydrogen-bond donors (Lipinski definition) is 1. The Morgan fingerprint density at radius 2 is 1.81 bits per heavy atom. The third kappa shape index (κ3) is 6.26. The van der Waals surface area contributed by atoms with Crippen LogP contribution in [0, 0.1) is 0 Å². The molecule has 0 saturated heterocycles. The number of carboxylic acids is 1. The van der Waals surface area contributed by atoms with Crippen molar-refractivity contribution in [3.63, 3.8) is 0 Å². The number of hydrogen-bond acceptors (Lipinski definition) is 7. The Hall–Kier alpha value is -4.22. The number of aromatic nitrogens is 3. The maximum absolute atomic E-state index is 13.5. The number of benzene rings is 1. The van der Waals surface area contributed by atoms with Crippen molar-refractivity contribution in [2.24, 2.45) is 0 Å². The van der Waals surface area contributed by atoms with E-state index in [4.69, 9.17) is 14.6 Å². The predicted molar refractivity (Wildman–Crippen MR) is 122 cm³/mol. The average molecular weight is 504 g/mol. The molecule has 0 aliphatic rings. The van der Waals surface area contributed by atoms with Gasteiger partial charge in [0.2, 0.25) is 5.88 Å². The van der Waals surface area contributed by atoms with Crippen molar-refractivity contribution in [2.45, 2.75) is 26.1 Å². The highest BCUT2D eigenvalue weighted by molar-refractivity contribution is 5.92. The molecule has 190 valence electrons. The topological polar surface area (TPSA) is 115 Å². The van der Waals surface area contributed by atoms with Crippen molar-refractivity contribution >= 4 is 11.9 Å². The zero-order valence-corrected chi connectivity index (χ0v) is 19.7. The maximum atomic E-state index is 13.5. The molecule has 1 amide bonds. The Kier molecular flexibility index (Phi) is 8.07. The summed E-state index contributed by atoms with van der Waals surface area (Å²) in [5.41, 5.74) is 0.443. The highest BCUT2D eigenvalue weighted by atomic mass is 19.4. The van der Waals surface area contributed by atoms with Crippen molar-refractivity contribution in [1.82, 2.24) is 19.9 Å². The van der Waals surface area contributed by atoms with Crippen LogP contribution in [-0.4, -0.2) is 57.6 Å². The van der Waals surface area contributed by atoms with Gasteiger partial charge >= 0.3 is 18.2 Å². The molecule has 9 nitrogen and oxygen atoms in total. The molecule has 36 heavy (non-hydrogen) atoms. The second-order valence-electron chi connectivity index (χ2n) is 7.62. The van der Waals surface area contributed by atoms with Gasteiger partial charge in [0, 0.05) is 37.1 Å². The zero-order chi connectivity index (χ0) is 26.5. The molecule has 0 radical (unpaired) electrons. The molecule has 0 atom stereocenters. The number of carbonyl (C=O) groups excluding carboxylic acids is 1. The lowest BCUT2D eigenvalue weighted by Gasteiger charge is -2.23. The van der Waals surface area contributed by atoms with Gasteiger partial charge < -0.3 is 19.5 Å². The highest BCUT2D eigenvalue weighted by Gasteiger charge is 2.31. The van der Waals surface area contributed by atoms with Gasteiger partial charge in [-0.05, 0) is 41.8 Å². The van der Waals surface area contributed by atoms with Crippen molar-refractivity contribution in [1.29, 1.82) is 0 Å². The van der Waals surface area contributed by atoms with Crippen LogP contribution in [-0.2, 0) is 23.9 Å². The number of amides is 1. The van der Waals surface area contributed by atoms with Gasteiger partial charge in [0.25, 0.3) is 5.91 Å². The number of carboxylic acid groups (broad SMARTS) is 1. The van der Waals surface area contributed by atoms with E-state index in [1.165, 1.54) is 43.6 Å². The molecular weight excluding hydrogens is 481 g/mol. The molecule has 0 aliphatic carbocycles. The van der Waals surface area contributed by atoms with E-state index >= 15 is 0 Å². The van der Waals surface area contributed by atoms with Gasteiger partial charge in [-0.15, -0.1) is 0 Å². The molecule has 1 N–H and O–H groups in total. The normalized spacial score (nSPS) is 11.2. The fourth-order valence-corrected chi connectivity index (χ4v) is 3.49. The lowest BCUT2D eigenvalue weighted by atomic mass is 9.96. The van der Waals surface area contributed by atoms with Crippen LogP contribution in [0.3, 0.4) is 0 Å². The molecule has 2 heterocycles. The van der Waals surface area contributed by atoms with Gasteiger partial charge in [-0.3, -0.25) is 14.6 Å². The molecule has 0 fully saturated rings. The standard InChI is InChI=1S/C24H23F3N4O5/c1-4-31(22(34)19-10-20(35-2)30-23(29-19)36-3)13-16-9-17(24(25,26)27)5-6-18(16)15-7-14(8-21(32)33)11-28-12-15/h5-7,9-12H,4,8,13H2,1-3H3,(H,32,33). The van der Waals surface area contributed by atoms with Gasteiger partial charge in [0.05, 0.1) is 26.2 Å². The van der Waals surface area contributed by atoms with E-state index in [0.717, 1.165) is 12.1 Å². The fourth-order valence-electron chi connectivity index (χ4n) is 3.49. The van der Waals surface area contributed by atoms with Crippen LogP contribution >= 0.6 is 0 Å². The Morgan fingerprint density at radius 3 is 2.42 bits per heavy atom. The summed E-state index contributed by atoms with van der Waals surface area (Å²) in [6, 6.07) is 5.94. The first kappa shape index (κ1) is 26.4. The molecule has 0 aliphatic heterocycles. The number of rotatable bonds is 9. The van der Waals surface area contributed by atoms with Crippen LogP contribution < -0.4 is 9.47 Å². The summed E-state index contributed by atoms with van der Waals surface area (Å²) in [6.45, 7) is 1.64. The number of methoxy groups -OCH3 is 2. The number of halogens is 3. The summed E-state index contributed by atoms with van der Waals surface area (Å²) in [5, 5.41) is 9.08. The van der Waals surface area contributed by atoms with Crippen molar-refractivity contribution in [3.8, 4) is 23.0 Å². The Labute approximate surface area is 204 Å². The van der Waals surface area contributed by atoms with Gasteiger partial charge in [0.15, 0.2) is 0 Å². The second-order valence-corrected chi connectivity index (χ2v) is 7.62. The second kappa shape index (κ2) is 11.0. The summed E-state index contributed by atoms with van der Waals surface area (Å²) in [4.78, 5) is 37.7. The molecule has 2 aromatic heterocycles. The SMILES string of the molecule is CCN(Cc1cc(C(F)(F)F)ccc1-c1cncc(CC(=O)O)c1)C(=O)c1cc(OC)nc(OC)n1. The minimum Gasteiger partial charge on any atom is -0.481 e. The van der Waals surface area contributed by atoms with E-state index in [1.807, 2.05) is 0 Å². The summed E-state index contributed by atoms with van der Waals surface area (Å²) >= 11 is 0. The number of nitrogens with zero attached hydrogens (tertiary/aromatic N) is 4. The van der Waals surface area contributed by atoms with E-state index < -0.39 is 23.6 Å². The lowest BCUT2D eigenvalue weighted by Crippen LogP contribution is -2.31. The summed E-state index contributed by atoms with van der Waals surface area (Å²) in [7, 11) is 2.68. The monoisotopic (exact) mass is 504 g/mol. The molecule has 0 saturated carbocycles. The summed E-state index contributed by atoms with van der Waals surface area (Å²) < 4.78 is 50.6. The quantitative estimate of drug-likeness (QED) is 0.467. The lowest BCUT2D eigenvalue weighted by molar-refractivity contribution is -0.138. The number of pyridine rings is 1. The Bertz CT molecular complexity index is 1240. The first-order valence-electron chi connectivity index (χ1n) is 10.7. The molecule has 12 heteroatoms. The molecular formula is C24H23F3N4O5. The van der Waals surface area contributed by atoms with Crippen molar-refractivity contribution in [2.75, 3.05) is 20.8 Å². The largest absolute Gasteiger partial charge is 0.481 e. The number of ether oxygens (including phenoxy) is 2. The van der Waals surface area contributed by atoms with Crippen molar-refractivity contribution < 1.29 is 37.3 Å². The minimum atomic E-state index is -4.61. The number of alkyl halides is 3. The molecule has 0 spiro atoms. The van der Waals surface area contributed by atoms with E-state index in [9.17, 15) is 22.8 Å². The minimum absolute atomic E-state index is 0.0563. The zero-order valence-electron chi connectivity index (χ0n) is 19.7. The van der Waals surface area contributed by atoms with Gasteiger partial charge in [0.1, 0.15) is 5.69 Å². The Balaban J connectivity index is 2.05. The number of carbonyl (C=O) groups is 2. The first-order valence-corrected chi connectivity index (χ1v) is 10.7. The highest BCUT2D eigenvalue weighted by Crippen LogP contribution is 2.34. The van der Waals surface area contributed by atoms with Crippen LogP contribution in [0.25, 0.3) is 11.1 Å². The van der Waals surface area contributed by atoms with Gasteiger partial charge in [-0.25, -0.2) is 0 Å². The van der Waals surface area contributed by atoms with Gasteiger partial charge in [-0.1, -0.05) is 6.07 Å². The molecule has 3 rings (SSSR count). The molecule has 0 unspecified atom stereocenters.